The van der Waals surface area contributed by atoms with Crippen molar-refractivity contribution in [3.8, 4) is 0 Å². The van der Waals surface area contributed by atoms with Gasteiger partial charge in [0.2, 0.25) is 5.91 Å². The molecule has 0 spiro atoms. The molecule has 2 aromatic carbocycles. The highest BCUT2D eigenvalue weighted by Crippen LogP contribution is 2.25. The number of hydrogen-bond donors (Lipinski definition) is 2. The Kier molecular flexibility index (Phi) is 7.99. The maximum atomic E-state index is 13.2. The van der Waals surface area contributed by atoms with Crippen LogP contribution in [0.2, 0.25) is 10.0 Å². The number of halogens is 3. The summed E-state index contributed by atoms with van der Waals surface area (Å²) in [6.45, 7) is 1.48. The number of rotatable bonds is 7. The molecule has 154 valence electrons. The van der Waals surface area contributed by atoms with Gasteiger partial charge in [0.25, 0.3) is 5.91 Å². The zero-order chi connectivity index (χ0) is 21.6. The third kappa shape index (κ3) is 6.17. The van der Waals surface area contributed by atoms with Gasteiger partial charge in [0.15, 0.2) is 0 Å². The van der Waals surface area contributed by atoms with Crippen molar-refractivity contribution in [3.05, 3.63) is 69.5 Å². The van der Waals surface area contributed by atoms with Gasteiger partial charge in [-0.15, -0.1) is 0 Å². The number of methoxy groups -OCH3 is 1. The summed E-state index contributed by atoms with van der Waals surface area (Å²) in [5.74, 6) is -2.13. The Bertz CT molecular complexity index is 906. The number of amides is 2. The van der Waals surface area contributed by atoms with Crippen LogP contribution in [0.15, 0.2) is 42.5 Å². The third-order valence-electron chi connectivity index (χ3n) is 4.12. The van der Waals surface area contributed by atoms with E-state index in [2.05, 4.69) is 15.4 Å². The molecule has 2 atom stereocenters. The van der Waals surface area contributed by atoms with Gasteiger partial charge >= 0.3 is 5.97 Å². The summed E-state index contributed by atoms with van der Waals surface area (Å²) >= 11 is 11.9. The molecule has 0 aliphatic carbocycles. The molecule has 0 radical (unpaired) electrons. The molecule has 0 aliphatic heterocycles. The van der Waals surface area contributed by atoms with Crippen LogP contribution in [-0.2, 0) is 14.3 Å². The smallest absolute Gasteiger partial charge is 0.307 e. The molecule has 0 heterocycles. The Morgan fingerprint density at radius 1 is 1.07 bits per heavy atom. The lowest BCUT2D eigenvalue weighted by molar-refractivity contribution is -0.141. The van der Waals surface area contributed by atoms with Crippen molar-refractivity contribution < 1.29 is 23.5 Å². The van der Waals surface area contributed by atoms with Crippen LogP contribution in [-0.4, -0.2) is 30.9 Å². The number of esters is 1. The SMILES string of the molecule is COC(=O)CC(NC(=O)C(C)NC(=O)c1cccc(Cl)c1Cl)c1ccc(F)cc1. The van der Waals surface area contributed by atoms with Crippen LogP contribution in [0.25, 0.3) is 0 Å². The molecule has 2 amide bonds. The molecule has 0 aliphatic rings. The predicted octanol–water partition coefficient (Wildman–Crippen LogP) is 3.67. The van der Waals surface area contributed by atoms with E-state index in [1.807, 2.05) is 0 Å². The van der Waals surface area contributed by atoms with Gasteiger partial charge in [0.05, 0.1) is 35.2 Å². The first-order chi connectivity index (χ1) is 13.7. The van der Waals surface area contributed by atoms with Crippen LogP contribution in [0.4, 0.5) is 4.39 Å². The number of carbonyl (C=O) groups is 3. The molecule has 2 N–H and O–H groups in total. The molecule has 29 heavy (non-hydrogen) atoms. The van der Waals surface area contributed by atoms with Crippen molar-refractivity contribution in [3.63, 3.8) is 0 Å². The van der Waals surface area contributed by atoms with E-state index in [4.69, 9.17) is 23.2 Å². The number of ether oxygens (including phenoxy) is 1. The summed E-state index contributed by atoms with van der Waals surface area (Å²) in [6, 6.07) is 8.23. The minimum Gasteiger partial charge on any atom is -0.469 e. The van der Waals surface area contributed by atoms with Gasteiger partial charge in [-0.3, -0.25) is 14.4 Å². The Morgan fingerprint density at radius 2 is 1.72 bits per heavy atom. The predicted molar refractivity (Wildman–Crippen MR) is 107 cm³/mol. The lowest BCUT2D eigenvalue weighted by Gasteiger charge is -2.21. The maximum Gasteiger partial charge on any atom is 0.307 e. The average Bonchev–Trinajstić information content (AvgIpc) is 2.69. The normalized spacial score (nSPS) is 12.6. The molecular formula is C20H19Cl2FN2O4. The minimum atomic E-state index is -0.946. The standard InChI is InChI=1S/C20H19Cl2FN2O4/c1-11(24-20(28)14-4-3-5-15(21)18(14)22)19(27)25-16(10-17(26)29-2)12-6-8-13(23)9-7-12/h3-9,11,16H,10H2,1-2H3,(H,24,28)(H,25,27). The van der Waals surface area contributed by atoms with E-state index in [-0.39, 0.29) is 22.0 Å². The molecule has 2 unspecified atom stereocenters. The van der Waals surface area contributed by atoms with E-state index in [0.717, 1.165) is 0 Å². The molecule has 0 saturated carbocycles. The lowest BCUT2D eigenvalue weighted by Crippen LogP contribution is -2.46. The summed E-state index contributed by atoms with van der Waals surface area (Å²) in [6.07, 6.45) is -0.158. The monoisotopic (exact) mass is 440 g/mol. The Balaban J connectivity index is 2.11. The van der Waals surface area contributed by atoms with Gasteiger partial charge in [0, 0.05) is 0 Å². The van der Waals surface area contributed by atoms with Crippen molar-refractivity contribution in [1.29, 1.82) is 0 Å². The van der Waals surface area contributed by atoms with Gasteiger partial charge < -0.3 is 15.4 Å². The summed E-state index contributed by atoms with van der Waals surface area (Å²) < 4.78 is 17.8. The van der Waals surface area contributed by atoms with Crippen LogP contribution >= 0.6 is 23.2 Å². The number of carbonyl (C=O) groups excluding carboxylic acids is 3. The number of hydrogen-bond acceptors (Lipinski definition) is 4. The van der Waals surface area contributed by atoms with Gasteiger partial charge in [-0.2, -0.15) is 0 Å². The van der Waals surface area contributed by atoms with E-state index in [9.17, 15) is 18.8 Å². The fourth-order valence-electron chi connectivity index (χ4n) is 2.51. The molecule has 9 heteroatoms. The second kappa shape index (κ2) is 10.2. The maximum absolute atomic E-state index is 13.2. The highest BCUT2D eigenvalue weighted by Gasteiger charge is 2.24. The molecule has 2 rings (SSSR count). The van der Waals surface area contributed by atoms with Gasteiger partial charge in [-0.25, -0.2) is 4.39 Å². The second-order valence-corrected chi connectivity index (χ2v) is 6.97. The zero-order valence-electron chi connectivity index (χ0n) is 15.7. The second-order valence-electron chi connectivity index (χ2n) is 6.19. The molecule has 6 nitrogen and oxygen atoms in total. The van der Waals surface area contributed by atoms with Crippen LogP contribution < -0.4 is 10.6 Å². The topological polar surface area (TPSA) is 84.5 Å². The molecule has 2 aromatic rings. The number of benzene rings is 2. The van der Waals surface area contributed by atoms with E-state index >= 15 is 0 Å². The molecular weight excluding hydrogens is 422 g/mol. The quantitative estimate of drug-likeness (QED) is 0.643. The highest BCUT2D eigenvalue weighted by molar-refractivity contribution is 6.43. The Morgan fingerprint density at radius 3 is 2.34 bits per heavy atom. The zero-order valence-corrected chi connectivity index (χ0v) is 17.2. The summed E-state index contributed by atoms with van der Waals surface area (Å²) in [4.78, 5) is 36.7. The van der Waals surface area contributed by atoms with E-state index < -0.39 is 35.7 Å². The van der Waals surface area contributed by atoms with Crippen LogP contribution in [0.1, 0.15) is 35.3 Å². The summed E-state index contributed by atoms with van der Waals surface area (Å²) in [5.41, 5.74) is 0.644. The first kappa shape index (κ1) is 22.6. The minimum absolute atomic E-state index is 0.0779. The van der Waals surface area contributed by atoms with Crippen molar-refractivity contribution in [2.75, 3.05) is 7.11 Å². The average molecular weight is 441 g/mol. The van der Waals surface area contributed by atoms with Crippen LogP contribution in [0.5, 0.6) is 0 Å². The van der Waals surface area contributed by atoms with Crippen molar-refractivity contribution >= 4 is 41.0 Å². The van der Waals surface area contributed by atoms with E-state index in [1.54, 1.807) is 6.07 Å². The van der Waals surface area contributed by atoms with Gasteiger partial charge in [-0.05, 0) is 36.8 Å². The molecule has 0 bridgehead atoms. The van der Waals surface area contributed by atoms with Gasteiger partial charge in [-0.1, -0.05) is 41.4 Å². The van der Waals surface area contributed by atoms with E-state index in [0.29, 0.717) is 5.56 Å². The largest absolute Gasteiger partial charge is 0.469 e. The molecule has 0 saturated heterocycles. The summed E-state index contributed by atoms with van der Waals surface area (Å²) in [7, 11) is 1.23. The summed E-state index contributed by atoms with van der Waals surface area (Å²) in [5, 5.41) is 5.48. The fraction of sp³-hybridized carbons (Fsp3) is 0.250. The number of nitrogens with one attached hydrogen (secondary N) is 2. The van der Waals surface area contributed by atoms with Crippen molar-refractivity contribution in [2.24, 2.45) is 0 Å². The molecule has 0 aromatic heterocycles. The fourth-order valence-corrected chi connectivity index (χ4v) is 2.90. The van der Waals surface area contributed by atoms with Crippen LogP contribution in [0.3, 0.4) is 0 Å². The first-order valence-corrected chi connectivity index (χ1v) is 9.36. The van der Waals surface area contributed by atoms with E-state index in [1.165, 1.54) is 50.4 Å². The first-order valence-electron chi connectivity index (χ1n) is 8.60. The van der Waals surface area contributed by atoms with Gasteiger partial charge in [0.1, 0.15) is 11.9 Å². The van der Waals surface area contributed by atoms with Crippen molar-refractivity contribution in [1.82, 2.24) is 10.6 Å². The van der Waals surface area contributed by atoms with Crippen LogP contribution in [0, 0.1) is 5.82 Å². The molecule has 0 fully saturated rings. The Hall–Kier alpha value is -2.64. The van der Waals surface area contributed by atoms with Crippen molar-refractivity contribution in [2.45, 2.75) is 25.4 Å². The Labute approximate surface area is 177 Å². The third-order valence-corrected chi connectivity index (χ3v) is 4.94. The lowest BCUT2D eigenvalue weighted by atomic mass is 10.0. The highest BCUT2D eigenvalue weighted by atomic mass is 35.5.